The number of halogens is 3. The fourth-order valence-corrected chi connectivity index (χ4v) is 4.90. The third-order valence-electron chi connectivity index (χ3n) is 4.68. The first-order valence-corrected chi connectivity index (χ1v) is 11.1. The SMILES string of the molecule is COc1cc2c(cn1)-c1cc(c(F)cc1F)NS(=O)(=O)c1cc(cc(Br)c1O)C(=O)OC2. The number of nitrogens with zero attached hydrogens (tertiary/aromatic N) is 1. The molecule has 2 N–H and O–H groups in total. The van der Waals surface area contributed by atoms with Crippen molar-refractivity contribution in [2.24, 2.45) is 0 Å². The number of benzene rings is 2. The Hall–Kier alpha value is -3.25. The van der Waals surface area contributed by atoms with E-state index in [2.05, 4.69) is 20.9 Å². The molecule has 0 saturated carbocycles. The van der Waals surface area contributed by atoms with Crippen molar-refractivity contribution < 1.29 is 36.6 Å². The summed E-state index contributed by atoms with van der Waals surface area (Å²) in [4.78, 5) is 15.9. The van der Waals surface area contributed by atoms with Gasteiger partial charge in [-0.2, -0.15) is 0 Å². The highest BCUT2D eigenvalue weighted by Gasteiger charge is 2.27. The monoisotopic (exact) mass is 526 g/mol. The van der Waals surface area contributed by atoms with Gasteiger partial charge in [0.1, 0.15) is 28.9 Å². The molecule has 0 unspecified atom stereocenters. The second-order valence-electron chi connectivity index (χ2n) is 6.68. The van der Waals surface area contributed by atoms with Crippen LogP contribution < -0.4 is 9.46 Å². The number of cyclic esters (lactones) is 1. The number of hydrogen-bond acceptors (Lipinski definition) is 7. The normalized spacial score (nSPS) is 14.7. The largest absolute Gasteiger partial charge is 0.505 e. The fourth-order valence-electron chi connectivity index (χ4n) is 3.11. The summed E-state index contributed by atoms with van der Waals surface area (Å²) in [7, 11) is -3.23. The van der Waals surface area contributed by atoms with Gasteiger partial charge in [0.2, 0.25) is 5.88 Å². The Bertz CT molecular complexity index is 1380. The lowest BCUT2D eigenvalue weighted by molar-refractivity contribution is 0.0472. The Morgan fingerprint density at radius 3 is 2.62 bits per heavy atom. The van der Waals surface area contributed by atoms with Gasteiger partial charge in [-0.3, -0.25) is 4.72 Å². The Morgan fingerprint density at radius 1 is 1.16 bits per heavy atom. The third kappa shape index (κ3) is 3.86. The highest BCUT2D eigenvalue weighted by atomic mass is 79.9. The number of aromatic nitrogens is 1. The zero-order chi connectivity index (χ0) is 23.2. The Labute approximate surface area is 189 Å². The van der Waals surface area contributed by atoms with Crippen LogP contribution in [0.1, 0.15) is 15.9 Å². The van der Waals surface area contributed by atoms with Crippen molar-refractivity contribution in [1.29, 1.82) is 0 Å². The number of pyridine rings is 1. The molecule has 0 atom stereocenters. The van der Waals surface area contributed by atoms with Crippen molar-refractivity contribution in [3.8, 4) is 22.8 Å². The molecule has 166 valence electrons. The summed E-state index contributed by atoms with van der Waals surface area (Å²) in [6.45, 7) is -0.354. The van der Waals surface area contributed by atoms with E-state index in [-0.39, 0.29) is 39.2 Å². The minimum Gasteiger partial charge on any atom is -0.505 e. The van der Waals surface area contributed by atoms with Gasteiger partial charge in [0.25, 0.3) is 10.0 Å². The second kappa shape index (κ2) is 8.02. The molecule has 0 radical (unpaired) electrons. The van der Waals surface area contributed by atoms with Crippen LogP contribution >= 0.6 is 15.9 Å². The Balaban J connectivity index is 2.01. The van der Waals surface area contributed by atoms with Crippen LogP contribution in [0.2, 0.25) is 0 Å². The van der Waals surface area contributed by atoms with Crippen molar-refractivity contribution in [3.63, 3.8) is 0 Å². The number of phenolic OH excluding ortho intramolecular Hbond substituents is 1. The first-order valence-electron chi connectivity index (χ1n) is 8.85. The minimum atomic E-state index is -4.59. The predicted octanol–water partition coefficient (Wildman–Crippen LogP) is 3.97. The summed E-state index contributed by atoms with van der Waals surface area (Å²) in [6.07, 6.45) is 1.23. The Morgan fingerprint density at radius 2 is 1.91 bits per heavy atom. The first kappa shape index (κ1) is 22.0. The number of carbonyl (C=O) groups is 1. The average Bonchev–Trinajstić information content (AvgIpc) is 2.75. The van der Waals surface area contributed by atoms with Crippen molar-refractivity contribution in [2.45, 2.75) is 11.5 Å². The summed E-state index contributed by atoms with van der Waals surface area (Å²) in [6, 6.07) is 4.93. The maximum absolute atomic E-state index is 14.7. The lowest BCUT2D eigenvalue weighted by Gasteiger charge is -2.14. The molecule has 1 aromatic heterocycles. The topological polar surface area (TPSA) is 115 Å². The summed E-state index contributed by atoms with van der Waals surface area (Å²) in [5, 5.41) is 10.2. The molecule has 0 saturated heterocycles. The van der Waals surface area contributed by atoms with E-state index in [1.165, 1.54) is 25.4 Å². The van der Waals surface area contributed by atoms with E-state index in [1.54, 1.807) is 0 Å². The predicted molar refractivity (Wildman–Crippen MR) is 112 cm³/mol. The summed E-state index contributed by atoms with van der Waals surface area (Å²) in [5.74, 6) is -3.65. The van der Waals surface area contributed by atoms with Crippen molar-refractivity contribution in [3.05, 3.63) is 63.8 Å². The van der Waals surface area contributed by atoms with Crippen molar-refractivity contribution in [2.75, 3.05) is 11.8 Å². The fraction of sp³-hybridized carbons (Fsp3) is 0.100. The number of fused-ring (bicyclic) bond motifs is 6. The number of nitrogens with one attached hydrogen (secondary N) is 1. The number of carbonyl (C=O) groups excluding carboxylic acids is 1. The van der Waals surface area contributed by atoms with Crippen LogP contribution in [0, 0.1) is 11.6 Å². The second-order valence-corrected chi connectivity index (χ2v) is 9.19. The molecule has 8 nitrogen and oxygen atoms in total. The third-order valence-corrected chi connectivity index (χ3v) is 6.66. The first-order chi connectivity index (χ1) is 15.1. The van der Waals surface area contributed by atoms with Crippen molar-refractivity contribution in [1.82, 2.24) is 4.98 Å². The minimum absolute atomic E-state index is 0.103. The van der Waals surface area contributed by atoms with Crippen LogP contribution in [0.4, 0.5) is 14.5 Å². The van der Waals surface area contributed by atoms with Gasteiger partial charge in [0.05, 0.1) is 22.8 Å². The summed E-state index contributed by atoms with van der Waals surface area (Å²) < 4.78 is 67.2. The maximum Gasteiger partial charge on any atom is 0.338 e. The van der Waals surface area contributed by atoms with Crippen LogP contribution in [0.3, 0.4) is 0 Å². The molecule has 12 heteroatoms. The highest BCUT2D eigenvalue weighted by molar-refractivity contribution is 9.10. The molecule has 3 aromatic rings. The van der Waals surface area contributed by atoms with Gasteiger partial charge in [-0.15, -0.1) is 0 Å². The zero-order valence-corrected chi connectivity index (χ0v) is 18.6. The number of aromatic hydroxyl groups is 1. The number of ether oxygens (including phenoxy) is 2. The van der Waals surface area contributed by atoms with Gasteiger partial charge in [0.15, 0.2) is 0 Å². The van der Waals surface area contributed by atoms with Gasteiger partial charge in [-0.05, 0) is 34.1 Å². The van der Waals surface area contributed by atoms with Crippen molar-refractivity contribution >= 4 is 37.6 Å². The van der Waals surface area contributed by atoms with Gasteiger partial charge in [-0.1, -0.05) is 0 Å². The maximum atomic E-state index is 14.7. The van der Waals surface area contributed by atoms with E-state index in [9.17, 15) is 27.1 Å². The summed E-state index contributed by atoms with van der Waals surface area (Å²) >= 11 is 2.99. The molecule has 0 spiro atoms. The van der Waals surface area contributed by atoms with E-state index in [4.69, 9.17) is 9.47 Å². The molecule has 1 aliphatic rings. The van der Waals surface area contributed by atoms with E-state index >= 15 is 0 Å². The van der Waals surface area contributed by atoms with E-state index in [0.717, 1.165) is 12.1 Å². The number of esters is 1. The molecule has 0 aliphatic carbocycles. The van der Waals surface area contributed by atoms with Crippen LogP contribution in [-0.4, -0.2) is 31.6 Å². The number of methoxy groups -OCH3 is 1. The van der Waals surface area contributed by atoms with Crippen LogP contribution in [0.25, 0.3) is 11.1 Å². The van der Waals surface area contributed by atoms with Crippen LogP contribution in [0.5, 0.6) is 11.6 Å². The molecular formula is C20H13BrF2N2O6S. The molecule has 4 bridgehead atoms. The van der Waals surface area contributed by atoms with Gasteiger partial charge < -0.3 is 14.6 Å². The molecule has 0 amide bonds. The van der Waals surface area contributed by atoms with E-state index in [1.807, 2.05) is 4.72 Å². The molecule has 2 aromatic carbocycles. The quantitative estimate of drug-likeness (QED) is 0.461. The average molecular weight is 527 g/mol. The highest BCUT2D eigenvalue weighted by Crippen LogP contribution is 2.37. The van der Waals surface area contributed by atoms with Gasteiger partial charge in [-0.25, -0.2) is 27.0 Å². The van der Waals surface area contributed by atoms with Gasteiger partial charge in [0, 0.05) is 35.0 Å². The molecule has 2 heterocycles. The lowest BCUT2D eigenvalue weighted by atomic mass is 10.0. The number of phenols is 1. The van der Waals surface area contributed by atoms with E-state index < -0.39 is 44.0 Å². The van der Waals surface area contributed by atoms with Crippen LogP contribution in [-0.2, 0) is 21.4 Å². The zero-order valence-electron chi connectivity index (χ0n) is 16.1. The number of anilines is 1. The Kier molecular flexibility index (Phi) is 5.51. The molecule has 0 fully saturated rings. The van der Waals surface area contributed by atoms with Gasteiger partial charge >= 0.3 is 5.97 Å². The smallest absolute Gasteiger partial charge is 0.338 e. The number of hydrogen-bond donors (Lipinski definition) is 2. The summed E-state index contributed by atoms with van der Waals surface area (Å²) in [5.41, 5.74) is -0.555. The number of rotatable bonds is 1. The molecule has 4 rings (SSSR count). The lowest BCUT2D eigenvalue weighted by Crippen LogP contribution is -2.15. The molecule has 1 aliphatic heterocycles. The molecule has 32 heavy (non-hydrogen) atoms. The standard InChI is InChI=1S/C20H13BrF2N2O6S/c1-30-18-4-10-8-31-20(27)9-2-13(21)19(26)17(3-9)32(28,29)25-16-5-11(12(10)7-24-18)14(22)6-15(16)23/h2-7,25-26H,8H2,1H3. The van der Waals surface area contributed by atoms with E-state index in [0.29, 0.717) is 6.07 Å². The number of sulfonamides is 1. The molecular weight excluding hydrogens is 514 g/mol. The van der Waals surface area contributed by atoms with Crippen LogP contribution in [0.15, 0.2) is 45.9 Å².